The van der Waals surface area contributed by atoms with Crippen LogP contribution in [0.5, 0.6) is 0 Å². The van der Waals surface area contributed by atoms with Crippen molar-refractivity contribution in [1.82, 2.24) is 15.5 Å². The first-order chi connectivity index (χ1) is 9.22. The molecule has 5 nitrogen and oxygen atoms in total. The van der Waals surface area contributed by atoms with Crippen LogP contribution in [0.3, 0.4) is 0 Å². The van der Waals surface area contributed by atoms with Gasteiger partial charge in [0.05, 0.1) is 17.9 Å². The fraction of sp³-hybridized carbons (Fsp3) is 0.286. The summed E-state index contributed by atoms with van der Waals surface area (Å²) in [5.74, 6) is 0. The number of hydrogen-bond acceptors (Lipinski definition) is 2. The van der Waals surface area contributed by atoms with Crippen molar-refractivity contribution >= 4 is 11.7 Å². The minimum atomic E-state index is -0.195. The first-order valence-electron chi connectivity index (χ1n) is 6.38. The second kappa shape index (κ2) is 4.76. The maximum atomic E-state index is 11.9. The van der Waals surface area contributed by atoms with E-state index in [0.717, 1.165) is 12.8 Å². The van der Waals surface area contributed by atoms with Gasteiger partial charge in [-0.3, -0.25) is 5.10 Å². The fourth-order valence-electron chi connectivity index (χ4n) is 2.54. The lowest BCUT2D eigenvalue weighted by Crippen LogP contribution is -2.31. The average molecular weight is 256 g/mol. The molecule has 19 heavy (non-hydrogen) atoms. The van der Waals surface area contributed by atoms with Gasteiger partial charge in [0.25, 0.3) is 0 Å². The molecule has 0 radical (unpaired) electrons. The number of urea groups is 1. The Morgan fingerprint density at radius 3 is 3.16 bits per heavy atom. The van der Waals surface area contributed by atoms with Gasteiger partial charge < -0.3 is 10.6 Å². The maximum Gasteiger partial charge on any atom is 0.319 e. The summed E-state index contributed by atoms with van der Waals surface area (Å²) >= 11 is 0. The molecule has 98 valence electrons. The van der Waals surface area contributed by atoms with Gasteiger partial charge in [-0.2, -0.15) is 5.10 Å². The topological polar surface area (TPSA) is 69.8 Å². The summed E-state index contributed by atoms with van der Waals surface area (Å²) in [4.78, 5) is 11.9. The molecule has 1 aliphatic rings. The number of benzene rings is 1. The second-order valence-corrected chi connectivity index (χ2v) is 4.88. The first kappa shape index (κ1) is 11.8. The van der Waals surface area contributed by atoms with Gasteiger partial charge in [-0.1, -0.05) is 23.8 Å². The van der Waals surface area contributed by atoms with Crippen molar-refractivity contribution in [3.8, 4) is 0 Å². The molecule has 3 rings (SSSR count). The summed E-state index contributed by atoms with van der Waals surface area (Å²) < 4.78 is 0. The number of fused-ring (bicyclic) bond motifs is 1. The highest BCUT2D eigenvalue weighted by Crippen LogP contribution is 2.31. The van der Waals surface area contributed by atoms with Crippen LogP contribution >= 0.6 is 0 Å². The van der Waals surface area contributed by atoms with Crippen molar-refractivity contribution in [2.24, 2.45) is 0 Å². The van der Waals surface area contributed by atoms with Crippen molar-refractivity contribution in [3.63, 3.8) is 0 Å². The molecule has 1 aromatic carbocycles. The number of hydrogen-bond donors (Lipinski definition) is 3. The van der Waals surface area contributed by atoms with Crippen molar-refractivity contribution in [2.45, 2.75) is 25.8 Å². The molecular formula is C14H16N4O. The number of rotatable bonds is 2. The lowest BCUT2D eigenvalue weighted by atomic mass is 10.1. The molecule has 0 spiro atoms. The van der Waals surface area contributed by atoms with E-state index in [1.54, 1.807) is 12.4 Å². The summed E-state index contributed by atoms with van der Waals surface area (Å²) in [6.07, 6.45) is 5.20. The number of aryl methyl sites for hydroxylation is 2. The van der Waals surface area contributed by atoms with Gasteiger partial charge >= 0.3 is 6.03 Å². The number of nitrogens with one attached hydrogen (secondary N) is 3. The van der Waals surface area contributed by atoms with E-state index < -0.39 is 0 Å². The molecule has 0 aliphatic heterocycles. The molecule has 1 aliphatic carbocycles. The number of aromatic amines is 1. The first-order valence-corrected chi connectivity index (χ1v) is 6.38. The molecule has 1 aromatic heterocycles. The van der Waals surface area contributed by atoms with Gasteiger partial charge in [-0.25, -0.2) is 4.79 Å². The zero-order valence-electron chi connectivity index (χ0n) is 10.7. The molecule has 0 fully saturated rings. The van der Waals surface area contributed by atoms with Gasteiger partial charge in [0, 0.05) is 6.20 Å². The van der Waals surface area contributed by atoms with Crippen molar-refractivity contribution in [1.29, 1.82) is 0 Å². The van der Waals surface area contributed by atoms with E-state index in [-0.39, 0.29) is 12.1 Å². The highest BCUT2D eigenvalue weighted by Gasteiger charge is 2.23. The van der Waals surface area contributed by atoms with Crippen LogP contribution in [-0.2, 0) is 6.42 Å². The quantitative estimate of drug-likeness (QED) is 0.772. The lowest BCUT2D eigenvalue weighted by molar-refractivity contribution is 0.248. The molecule has 1 atom stereocenters. The van der Waals surface area contributed by atoms with Crippen LogP contribution in [0.2, 0.25) is 0 Å². The summed E-state index contributed by atoms with van der Waals surface area (Å²) in [7, 11) is 0. The van der Waals surface area contributed by atoms with Gasteiger partial charge in [0.15, 0.2) is 0 Å². The number of carbonyl (C=O) groups is 1. The van der Waals surface area contributed by atoms with Gasteiger partial charge in [-0.15, -0.1) is 0 Å². The number of H-pyrrole nitrogens is 1. The number of amides is 2. The lowest BCUT2D eigenvalue weighted by Gasteiger charge is -2.14. The summed E-state index contributed by atoms with van der Waals surface area (Å²) in [6, 6.07) is 6.31. The third-order valence-corrected chi connectivity index (χ3v) is 3.44. The Balaban J connectivity index is 1.67. The molecule has 1 heterocycles. The molecule has 2 amide bonds. The Morgan fingerprint density at radius 2 is 2.37 bits per heavy atom. The standard InChI is InChI=1S/C14H16N4O/c1-9-2-4-12-10(6-9)3-5-13(12)18-14(19)17-11-7-15-16-8-11/h2,4,6-8,13H,3,5H2,1H3,(H,15,16)(H2,17,18,19)/t13-/m1/s1. The van der Waals surface area contributed by atoms with Crippen LogP contribution < -0.4 is 10.6 Å². The fourth-order valence-corrected chi connectivity index (χ4v) is 2.54. The van der Waals surface area contributed by atoms with Crippen molar-refractivity contribution < 1.29 is 4.79 Å². The van der Waals surface area contributed by atoms with Crippen LogP contribution in [0.1, 0.15) is 29.2 Å². The number of anilines is 1. The molecule has 0 saturated carbocycles. The zero-order valence-corrected chi connectivity index (χ0v) is 10.7. The Labute approximate surface area is 111 Å². The Kier molecular flexibility index (Phi) is 2.95. The van der Waals surface area contributed by atoms with E-state index in [1.165, 1.54) is 16.7 Å². The zero-order chi connectivity index (χ0) is 13.2. The van der Waals surface area contributed by atoms with E-state index in [1.807, 2.05) is 0 Å². The van der Waals surface area contributed by atoms with Crippen LogP contribution in [0.15, 0.2) is 30.6 Å². The Bertz CT molecular complexity index is 591. The normalized spacial score (nSPS) is 17.0. The largest absolute Gasteiger partial charge is 0.331 e. The van der Waals surface area contributed by atoms with E-state index in [2.05, 4.69) is 46.0 Å². The molecule has 0 unspecified atom stereocenters. The molecule has 3 N–H and O–H groups in total. The number of nitrogens with zero attached hydrogens (tertiary/aromatic N) is 1. The molecule has 2 aromatic rings. The maximum absolute atomic E-state index is 11.9. The Hall–Kier alpha value is -2.30. The van der Waals surface area contributed by atoms with Gasteiger partial charge in [0.2, 0.25) is 0 Å². The predicted octanol–water partition coefficient (Wildman–Crippen LogP) is 2.53. The van der Waals surface area contributed by atoms with E-state index in [0.29, 0.717) is 5.69 Å². The highest BCUT2D eigenvalue weighted by molar-refractivity contribution is 5.89. The second-order valence-electron chi connectivity index (χ2n) is 4.88. The van der Waals surface area contributed by atoms with Gasteiger partial charge in [-0.05, 0) is 30.9 Å². The molecule has 0 saturated heterocycles. The minimum Gasteiger partial charge on any atom is -0.331 e. The number of aromatic nitrogens is 2. The highest BCUT2D eigenvalue weighted by atomic mass is 16.2. The Morgan fingerprint density at radius 1 is 1.47 bits per heavy atom. The van der Waals surface area contributed by atoms with Gasteiger partial charge in [0.1, 0.15) is 0 Å². The van der Waals surface area contributed by atoms with Crippen LogP contribution in [-0.4, -0.2) is 16.2 Å². The van der Waals surface area contributed by atoms with E-state index >= 15 is 0 Å². The summed E-state index contributed by atoms with van der Waals surface area (Å²) in [5, 5.41) is 12.2. The predicted molar refractivity (Wildman–Crippen MR) is 73.0 cm³/mol. The third-order valence-electron chi connectivity index (χ3n) is 3.44. The van der Waals surface area contributed by atoms with Crippen molar-refractivity contribution in [2.75, 3.05) is 5.32 Å². The van der Waals surface area contributed by atoms with Crippen molar-refractivity contribution in [3.05, 3.63) is 47.3 Å². The van der Waals surface area contributed by atoms with Crippen LogP contribution in [0, 0.1) is 6.92 Å². The van der Waals surface area contributed by atoms with Crippen LogP contribution in [0.25, 0.3) is 0 Å². The average Bonchev–Trinajstić information content (AvgIpc) is 2.99. The minimum absolute atomic E-state index is 0.0995. The number of carbonyl (C=O) groups excluding carboxylic acids is 1. The molecule has 5 heteroatoms. The third kappa shape index (κ3) is 2.45. The monoisotopic (exact) mass is 256 g/mol. The smallest absolute Gasteiger partial charge is 0.319 e. The van der Waals surface area contributed by atoms with E-state index in [4.69, 9.17) is 0 Å². The summed E-state index contributed by atoms with van der Waals surface area (Å²) in [6.45, 7) is 2.09. The van der Waals surface area contributed by atoms with E-state index in [9.17, 15) is 4.79 Å². The molecular weight excluding hydrogens is 240 g/mol. The van der Waals surface area contributed by atoms with Crippen LogP contribution in [0.4, 0.5) is 10.5 Å². The summed E-state index contributed by atoms with van der Waals surface area (Å²) in [5.41, 5.74) is 4.50. The molecule has 0 bridgehead atoms. The SMILES string of the molecule is Cc1ccc2c(c1)CC[C@H]2NC(=O)Nc1cn[nH]c1.